The normalized spacial score (nSPS) is 19.3. The summed E-state index contributed by atoms with van der Waals surface area (Å²) in [5, 5.41) is 2.09. The highest BCUT2D eigenvalue weighted by Gasteiger charge is 2.28. The largest absolute Gasteiger partial charge is 0.378 e. The number of anilines is 1. The van der Waals surface area contributed by atoms with Gasteiger partial charge in [-0.2, -0.15) is 0 Å². The second kappa shape index (κ2) is 6.68. The van der Waals surface area contributed by atoms with Crippen LogP contribution in [-0.4, -0.2) is 53.7 Å². The fraction of sp³-hybridized carbons (Fsp3) is 0.533. The number of aromatic nitrogens is 3. The fourth-order valence-corrected chi connectivity index (χ4v) is 3.09. The van der Waals surface area contributed by atoms with Crippen molar-refractivity contribution in [3.63, 3.8) is 0 Å². The average Bonchev–Trinajstić information content (AvgIpc) is 3.00. The van der Waals surface area contributed by atoms with Crippen LogP contribution < -0.4 is 4.90 Å². The number of morpholine rings is 1. The second-order valence-corrected chi connectivity index (χ2v) is 6.38. The van der Waals surface area contributed by atoms with Crippen LogP contribution in [0.3, 0.4) is 0 Å². The van der Waals surface area contributed by atoms with E-state index in [0.717, 1.165) is 42.7 Å². The lowest BCUT2D eigenvalue weighted by Crippen LogP contribution is -2.40. The number of hydrogen-bond donors (Lipinski definition) is 0. The summed E-state index contributed by atoms with van der Waals surface area (Å²) in [6.45, 7) is 5.06. The first-order valence-corrected chi connectivity index (χ1v) is 8.29. The maximum Gasteiger partial charge on any atom is 0.150 e. The number of nitrogens with zero attached hydrogens (tertiary/aromatic N) is 5. The lowest BCUT2D eigenvalue weighted by atomic mass is 10.2. The monoisotopic (exact) mass is 319 g/mol. The molecule has 6 nitrogen and oxygen atoms in total. The third-order valence-electron chi connectivity index (χ3n) is 3.70. The predicted molar refractivity (Wildman–Crippen MR) is 87.2 cm³/mol. The average molecular weight is 319 g/mol. The first-order chi connectivity index (χ1) is 10.6. The van der Waals surface area contributed by atoms with Crippen molar-refractivity contribution >= 4 is 17.2 Å². The van der Waals surface area contributed by atoms with Gasteiger partial charge in [0.15, 0.2) is 0 Å². The summed E-state index contributed by atoms with van der Waals surface area (Å²) < 4.78 is 5.67. The topological polar surface area (TPSA) is 54.4 Å². The van der Waals surface area contributed by atoms with Crippen LogP contribution in [0.1, 0.15) is 23.3 Å². The molecule has 3 rings (SSSR count). The Balaban J connectivity index is 1.86. The standard InChI is InChI=1S/C15H21N5OS/c1-11-6-14(19(2)3)18-15(17-11)13-8-21-5-4-20(13)7-12-9-22-10-16-12/h6,9-10,13H,4-5,7-8H2,1-3H3/t13-/m0/s1. The number of ether oxygens (including phenoxy) is 1. The molecule has 0 unspecified atom stereocenters. The lowest BCUT2D eigenvalue weighted by molar-refractivity contribution is -0.0164. The Kier molecular flexibility index (Phi) is 4.66. The number of rotatable bonds is 4. The van der Waals surface area contributed by atoms with Crippen LogP contribution in [0.25, 0.3) is 0 Å². The Labute approximate surface area is 134 Å². The molecule has 7 heteroatoms. The lowest BCUT2D eigenvalue weighted by Gasteiger charge is -2.34. The second-order valence-electron chi connectivity index (χ2n) is 5.66. The number of hydrogen-bond acceptors (Lipinski definition) is 7. The van der Waals surface area contributed by atoms with Crippen LogP contribution >= 0.6 is 11.3 Å². The van der Waals surface area contributed by atoms with Crippen LogP contribution in [0.2, 0.25) is 0 Å². The van der Waals surface area contributed by atoms with Crippen molar-refractivity contribution in [2.75, 3.05) is 38.8 Å². The minimum Gasteiger partial charge on any atom is -0.378 e. The summed E-state index contributed by atoms with van der Waals surface area (Å²) >= 11 is 1.63. The van der Waals surface area contributed by atoms with Gasteiger partial charge in [-0.3, -0.25) is 4.90 Å². The van der Waals surface area contributed by atoms with Crippen LogP contribution in [0.4, 0.5) is 5.82 Å². The quantitative estimate of drug-likeness (QED) is 0.858. The van der Waals surface area contributed by atoms with E-state index < -0.39 is 0 Å². The Morgan fingerprint density at radius 1 is 1.41 bits per heavy atom. The Morgan fingerprint density at radius 3 is 3.00 bits per heavy atom. The van der Waals surface area contributed by atoms with Crippen molar-refractivity contribution in [2.24, 2.45) is 0 Å². The van der Waals surface area contributed by atoms with Crippen LogP contribution in [0.5, 0.6) is 0 Å². The van der Waals surface area contributed by atoms with E-state index in [9.17, 15) is 0 Å². The molecule has 0 aromatic carbocycles. The molecule has 0 amide bonds. The highest BCUT2D eigenvalue weighted by molar-refractivity contribution is 7.07. The smallest absolute Gasteiger partial charge is 0.150 e. The SMILES string of the molecule is Cc1cc(N(C)C)nc([C@@H]2COCCN2Cc2cscn2)n1. The summed E-state index contributed by atoms with van der Waals surface area (Å²) in [4.78, 5) is 18.1. The van der Waals surface area contributed by atoms with Gasteiger partial charge in [-0.05, 0) is 6.92 Å². The first-order valence-electron chi connectivity index (χ1n) is 7.35. The summed E-state index contributed by atoms with van der Waals surface area (Å²) in [6, 6.07) is 2.08. The molecule has 2 aromatic heterocycles. The fourth-order valence-electron chi connectivity index (χ4n) is 2.54. The molecule has 0 spiro atoms. The van der Waals surface area contributed by atoms with Crippen LogP contribution in [0, 0.1) is 6.92 Å². The van der Waals surface area contributed by atoms with E-state index in [1.807, 2.05) is 37.5 Å². The third-order valence-corrected chi connectivity index (χ3v) is 4.34. The van der Waals surface area contributed by atoms with Gasteiger partial charge in [0.1, 0.15) is 11.6 Å². The zero-order valence-corrected chi connectivity index (χ0v) is 14.0. The van der Waals surface area contributed by atoms with Crippen LogP contribution in [-0.2, 0) is 11.3 Å². The first kappa shape index (κ1) is 15.3. The molecule has 2 aromatic rings. The van der Waals surface area contributed by atoms with Crippen molar-refractivity contribution in [2.45, 2.75) is 19.5 Å². The van der Waals surface area contributed by atoms with Gasteiger partial charge in [-0.1, -0.05) is 0 Å². The van der Waals surface area contributed by atoms with Crippen molar-refractivity contribution < 1.29 is 4.74 Å². The van der Waals surface area contributed by atoms with E-state index in [0.29, 0.717) is 6.61 Å². The van der Waals surface area contributed by atoms with Gasteiger partial charge in [0, 0.05) is 44.3 Å². The van der Waals surface area contributed by atoms with Gasteiger partial charge in [-0.15, -0.1) is 11.3 Å². The zero-order valence-electron chi connectivity index (χ0n) is 13.2. The molecular formula is C15H21N5OS. The van der Waals surface area contributed by atoms with E-state index in [1.54, 1.807) is 11.3 Å². The molecule has 0 saturated carbocycles. The van der Waals surface area contributed by atoms with Crippen molar-refractivity contribution in [1.82, 2.24) is 19.9 Å². The van der Waals surface area contributed by atoms with Crippen molar-refractivity contribution in [3.8, 4) is 0 Å². The molecule has 0 radical (unpaired) electrons. The predicted octanol–water partition coefficient (Wildman–Crippen LogP) is 1.88. The molecule has 118 valence electrons. The summed E-state index contributed by atoms with van der Waals surface area (Å²) in [6.07, 6.45) is 0. The molecule has 22 heavy (non-hydrogen) atoms. The van der Waals surface area contributed by atoms with Gasteiger partial charge < -0.3 is 9.64 Å². The summed E-state index contributed by atoms with van der Waals surface area (Å²) in [7, 11) is 3.99. The van der Waals surface area contributed by atoms with Crippen molar-refractivity contribution in [1.29, 1.82) is 0 Å². The molecule has 0 bridgehead atoms. The minimum absolute atomic E-state index is 0.0778. The molecule has 1 fully saturated rings. The maximum atomic E-state index is 5.67. The van der Waals surface area contributed by atoms with E-state index in [4.69, 9.17) is 9.72 Å². The van der Waals surface area contributed by atoms with E-state index in [-0.39, 0.29) is 6.04 Å². The maximum absolute atomic E-state index is 5.67. The third kappa shape index (κ3) is 3.43. The minimum atomic E-state index is 0.0778. The summed E-state index contributed by atoms with van der Waals surface area (Å²) in [5.74, 6) is 1.76. The number of thiazole rings is 1. The van der Waals surface area contributed by atoms with Gasteiger partial charge >= 0.3 is 0 Å². The molecule has 1 aliphatic rings. The molecule has 3 heterocycles. The van der Waals surface area contributed by atoms with Gasteiger partial charge in [0.25, 0.3) is 0 Å². The molecule has 1 saturated heterocycles. The Bertz CT molecular complexity index is 616. The summed E-state index contributed by atoms with van der Waals surface area (Å²) in [5.41, 5.74) is 3.95. The van der Waals surface area contributed by atoms with Crippen LogP contribution in [0.15, 0.2) is 17.0 Å². The highest BCUT2D eigenvalue weighted by Crippen LogP contribution is 2.25. The molecular weight excluding hydrogens is 298 g/mol. The molecule has 1 aliphatic heterocycles. The van der Waals surface area contributed by atoms with Gasteiger partial charge in [0.05, 0.1) is 30.5 Å². The van der Waals surface area contributed by atoms with E-state index >= 15 is 0 Å². The number of aryl methyl sites for hydroxylation is 1. The van der Waals surface area contributed by atoms with E-state index in [2.05, 4.69) is 20.2 Å². The zero-order chi connectivity index (χ0) is 15.5. The van der Waals surface area contributed by atoms with Gasteiger partial charge in [0.2, 0.25) is 0 Å². The highest BCUT2D eigenvalue weighted by atomic mass is 32.1. The molecule has 0 aliphatic carbocycles. The molecule has 1 atom stereocenters. The Morgan fingerprint density at radius 2 is 2.27 bits per heavy atom. The Hall–Kier alpha value is -1.57. The van der Waals surface area contributed by atoms with Gasteiger partial charge in [-0.25, -0.2) is 15.0 Å². The molecule has 0 N–H and O–H groups in total. The van der Waals surface area contributed by atoms with Crippen molar-refractivity contribution in [3.05, 3.63) is 34.2 Å². The van der Waals surface area contributed by atoms with E-state index in [1.165, 1.54) is 0 Å².